The molecule has 1 fully saturated rings. The molecule has 0 aromatic carbocycles. The van der Waals surface area contributed by atoms with E-state index in [0.717, 1.165) is 34.6 Å². The molecule has 6 atom stereocenters. The molecule has 0 radical (unpaired) electrons. The average Bonchev–Trinajstić information content (AvgIpc) is 2.54. The predicted octanol–water partition coefficient (Wildman–Crippen LogP) is -0.997. The maximum Gasteiger partial charge on any atom is 0.303 e. The second-order valence-electron chi connectivity index (χ2n) is 6.64. The summed E-state index contributed by atoms with van der Waals surface area (Å²) < 4.78 is 54.3. The van der Waals surface area contributed by atoms with Crippen molar-refractivity contribution in [3.63, 3.8) is 0 Å². The lowest BCUT2D eigenvalue weighted by molar-refractivity contribution is -0.251. The molecule has 0 aliphatic heterocycles. The van der Waals surface area contributed by atoms with Gasteiger partial charge in [-0.05, 0) is 0 Å². The topological polar surface area (TPSA) is 175 Å². The van der Waals surface area contributed by atoms with Crippen LogP contribution in [0.4, 0.5) is 0 Å². The molecular formula is C17H24O13S. The largest absolute Gasteiger partial charge is 0.455 e. The lowest BCUT2D eigenvalue weighted by Crippen LogP contribution is -2.68. The van der Waals surface area contributed by atoms with Gasteiger partial charge in [0, 0.05) is 34.6 Å². The first kappa shape index (κ1) is 26.3. The Balaban J connectivity index is 3.74. The van der Waals surface area contributed by atoms with Crippen LogP contribution in [-0.4, -0.2) is 81.1 Å². The molecule has 14 heteroatoms. The molecule has 0 saturated heterocycles. The van der Waals surface area contributed by atoms with E-state index in [1.807, 2.05) is 0 Å². The van der Waals surface area contributed by atoms with Crippen LogP contribution in [0.25, 0.3) is 0 Å². The first-order chi connectivity index (χ1) is 14.1. The highest BCUT2D eigenvalue weighted by molar-refractivity contribution is 7.86. The van der Waals surface area contributed by atoms with E-state index < -0.39 is 76.6 Å². The van der Waals surface area contributed by atoms with E-state index in [1.165, 1.54) is 0 Å². The molecule has 0 heterocycles. The summed E-state index contributed by atoms with van der Waals surface area (Å²) in [6.45, 7) is 4.92. The quantitative estimate of drug-likeness (QED) is 0.253. The molecule has 0 spiro atoms. The van der Waals surface area contributed by atoms with Gasteiger partial charge in [0.15, 0.2) is 36.6 Å². The Bertz CT molecular complexity index is 789. The molecule has 0 amide bonds. The molecule has 31 heavy (non-hydrogen) atoms. The van der Waals surface area contributed by atoms with Gasteiger partial charge >= 0.3 is 29.8 Å². The first-order valence-corrected chi connectivity index (χ1v) is 10.7. The highest BCUT2D eigenvalue weighted by atomic mass is 32.2. The summed E-state index contributed by atoms with van der Waals surface area (Å²) >= 11 is 0. The summed E-state index contributed by atoms with van der Waals surface area (Å²) in [6.07, 6.45) is -9.58. The number of ether oxygens (including phenoxy) is 5. The summed E-state index contributed by atoms with van der Waals surface area (Å²) in [7, 11) is -4.28. The maximum atomic E-state index is 11.9. The number of carbonyl (C=O) groups is 5. The third-order valence-electron chi connectivity index (χ3n) is 3.74. The van der Waals surface area contributed by atoms with E-state index in [9.17, 15) is 32.4 Å². The van der Waals surface area contributed by atoms with E-state index >= 15 is 0 Å². The van der Waals surface area contributed by atoms with Crippen LogP contribution in [0.3, 0.4) is 0 Å². The van der Waals surface area contributed by atoms with Crippen molar-refractivity contribution < 1.29 is 60.3 Å². The van der Waals surface area contributed by atoms with Crippen molar-refractivity contribution in [1.29, 1.82) is 0 Å². The smallest absolute Gasteiger partial charge is 0.303 e. The van der Waals surface area contributed by atoms with Gasteiger partial charge < -0.3 is 23.7 Å². The summed E-state index contributed by atoms with van der Waals surface area (Å²) in [5.74, 6) is -4.66. The molecule has 176 valence electrons. The molecule has 1 rings (SSSR count). The third kappa shape index (κ3) is 8.13. The molecule has 1 aliphatic rings. The Morgan fingerprint density at radius 3 is 0.839 bits per heavy atom. The summed E-state index contributed by atoms with van der Waals surface area (Å²) in [5, 5.41) is 0. The van der Waals surface area contributed by atoms with E-state index in [0.29, 0.717) is 6.26 Å². The Morgan fingerprint density at radius 1 is 0.484 bits per heavy atom. The minimum atomic E-state index is -4.28. The standard InChI is InChI=1S/C17H24O13S/c1-7(18)25-12-13(26-8(2)19)15(28-10(4)21)17(30-31(6,23)24)16(29-11(5)22)14(12)27-9(3)20/h12-17H,1-6H3/t12?,13-,14+,15+,16-,17?. The minimum Gasteiger partial charge on any atom is -0.455 e. The molecule has 0 aromatic rings. The van der Waals surface area contributed by atoms with Crippen LogP contribution in [0.1, 0.15) is 34.6 Å². The number of hydrogen-bond donors (Lipinski definition) is 0. The fourth-order valence-electron chi connectivity index (χ4n) is 3.06. The van der Waals surface area contributed by atoms with Gasteiger partial charge in [0.25, 0.3) is 10.1 Å². The third-order valence-corrected chi connectivity index (χ3v) is 4.31. The molecule has 0 bridgehead atoms. The summed E-state index contributed by atoms with van der Waals surface area (Å²) in [6, 6.07) is 0. The Hall–Kier alpha value is -2.74. The molecule has 1 saturated carbocycles. The van der Waals surface area contributed by atoms with Gasteiger partial charge in [-0.25, -0.2) is 0 Å². The van der Waals surface area contributed by atoms with Gasteiger partial charge in [0.1, 0.15) is 0 Å². The van der Waals surface area contributed by atoms with Crippen molar-refractivity contribution in [1.82, 2.24) is 0 Å². The van der Waals surface area contributed by atoms with E-state index in [2.05, 4.69) is 0 Å². The van der Waals surface area contributed by atoms with Gasteiger partial charge in [-0.2, -0.15) is 8.42 Å². The highest BCUT2D eigenvalue weighted by Gasteiger charge is 2.60. The van der Waals surface area contributed by atoms with E-state index in [4.69, 9.17) is 27.9 Å². The van der Waals surface area contributed by atoms with Gasteiger partial charge in [-0.1, -0.05) is 0 Å². The molecule has 0 N–H and O–H groups in total. The van der Waals surface area contributed by atoms with Crippen LogP contribution in [-0.2, 0) is 62.0 Å². The second-order valence-corrected chi connectivity index (χ2v) is 8.24. The zero-order valence-corrected chi connectivity index (χ0v) is 18.5. The van der Waals surface area contributed by atoms with Gasteiger partial charge in [0.05, 0.1) is 6.26 Å². The van der Waals surface area contributed by atoms with Crippen molar-refractivity contribution in [2.24, 2.45) is 0 Å². The number of carbonyl (C=O) groups excluding carboxylic acids is 5. The highest BCUT2D eigenvalue weighted by Crippen LogP contribution is 2.35. The number of esters is 5. The average molecular weight is 468 g/mol. The SMILES string of the molecule is CC(=O)OC1[C@@H](OC(C)=O)[C@H](OC(C)=O)C(OS(C)(=O)=O)[C@H](OC(C)=O)[C@H]1OC(C)=O. The summed E-state index contributed by atoms with van der Waals surface area (Å²) in [4.78, 5) is 58.5. The van der Waals surface area contributed by atoms with E-state index in [-0.39, 0.29) is 0 Å². The minimum absolute atomic E-state index is 0.669. The number of hydrogen-bond acceptors (Lipinski definition) is 13. The molecular weight excluding hydrogens is 444 g/mol. The van der Waals surface area contributed by atoms with Crippen LogP contribution >= 0.6 is 0 Å². The molecule has 13 nitrogen and oxygen atoms in total. The van der Waals surface area contributed by atoms with Crippen LogP contribution in [0, 0.1) is 0 Å². The second kappa shape index (κ2) is 10.5. The zero-order chi connectivity index (χ0) is 24.1. The van der Waals surface area contributed by atoms with Crippen LogP contribution in [0.15, 0.2) is 0 Å². The van der Waals surface area contributed by atoms with Gasteiger partial charge in [0.2, 0.25) is 0 Å². The Kier molecular flexibility index (Phi) is 8.93. The van der Waals surface area contributed by atoms with Crippen molar-refractivity contribution in [3.05, 3.63) is 0 Å². The van der Waals surface area contributed by atoms with Crippen molar-refractivity contribution in [3.8, 4) is 0 Å². The monoisotopic (exact) mass is 468 g/mol. The fourth-order valence-corrected chi connectivity index (χ4v) is 3.68. The van der Waals surface area contributed by atoms with E-state index in [1.54, 1.807) is 0 Å². The maximum absolute atomic E-state index is 11.9. The van der Waals surface area contributed by atoms with Crippen molar-refractivity contribution in [2.45, 2.75) is 71.2 Å². The fraction of sp³-hybridized carbons (Fsp3) is 0.706. The van der Waals surface area contributed by atoms with Crippen LogP contribution in [0.2, 0.25) is 0 Å². The van der Waals surface area contributed by atoms with Crippen LogP contribution < -0.4 is 0 Å². The van der Waals surface area contributed by atoms with Gasteiger partial charge in [-0.15, -0.1) is 0 Å². The van der Waals surface area contributed by atoms with Crippen molar-refractivity contribution in [2.75, 3.05) is 6.26 Å². The summed E-state index contributed by atoms with van der Waals surface area (Å²) in [5.41, 5.74) is 0. The van der Waals surface area contributed by atoms with Gasteiger partial charge in [-0.3, -0.25) is 28.2 Å². The van der Waals surface area contributed by atoms with Crippen molar-refractivity contribution >= 4 is 40.0 Å². The molecule has 0 aromatic heterocycles. The number of rotatable bonds is 7. The lowest BCUT2D eigenvalue weighted by atomic mass is 9.84. The van der Waals surface area contributed by atoms with Crippen LogP contribution in [0.5, 0.6) is 0 Å². The molecule has 1 aliphatic carbocycles. The first-order valence-electron chi connectivity index (χ1n) is 8.86. The zero-order valence-electron chi connectivity index (χ0n) is 17.7. The lowest BCUT2D eigenvalue weighted by Gasteiger charge is -2.46. The Labute approximate surface area is 178 Å². The molecule has 2 unspecified atom stereocenters. The normalized spacial score (nSPS) is 28.1. The predicted molar refractivity (Wildman–Crippen MR) is 97.5 cm³/mol. The Morgan fingerprint density at radius 2 is 0.677 bits per heavy atom.